The molecule has 0 saturated heterocycles. The third-order valence-electron chi connectivity index (χ3n) is 6.65. The Hall–Kier alpha value is -5.16. The standard InChI is InChI=1S/C34H26N3O2/c1-38-27-17-13-25(14-18-27)31-21-29(23-9-5-3-6-10-23)33(35-31)37-34-30(24-11-7-4-8-12-24)22-32(36-34)26-15-19-28(39-2)20-16-26/h3-22H,1-2H3/q-1/b37-33-. The van der Waals surface area contributed by atoms with Crippen LogP contribution in [0.1, 0.15) is 11.1 Å². The Morgan fingerprint density at radius 2 is 1.18 bits per heavy atom. The predicted molar refractivity (Wildman–Crippen MR) is 158 cm³/mol. The number of allylic oxidation sites excluding steroid dienone is 1. The highest BCUT2D eigenvalue weighted by atomic mass is 16.5. The van der Waals surface area contributed by atoms with E-state index in [0.717, 1.165) is 56.3 Å². The summed E-state index contributed by atoms with van der Waals surface area (Å²) in [6, 6.07) is 38.3. The Morgan fingerprint density at radius 3 is 1.77 bits per heavy atom. The van der Waals surface area contributed by atoms with Crippen LogP contribution < -0.4 is 14.5 Å². The number of nitrogens with zero attached hydrogens (tertiary/aromatic N) is 3. The van der Waals surface area contributed by atoms with Gasteiger partial charge < -0.3 is 19.5 Å². The molecule has 1 aliphatic rings. The van der Waals surface area contributed by atoms with Gasteiger partial charge in [-0.1, -0.05) is 78.9 Å². The van der Waals surface area contributed by atoms with E-state index in [1.54, 1.807) is 14.2 Å². The highest BCUT2D eigenvalue weighted by molar-refractivity contribution is 6.38. The Balaban J connectivity index is 1.48. The van der Waals surface area contributed by atoms with E-state index in [2.05, 4.69) is 36.4 Å². The number of aliphatic imine (C=N–C) groups is 2. The van der Waals surface area contributed by atoms with Crippen LogP contribution in [0, 0.1) is 0 Å². The van der Waals surface area contributed by atoms with Crippen molar-refractivity contribution in [2.45, 2.75) is 0 Å². The molecule has 0 saturated carbocycles. The van der Waals surface area contributed by atoms with Crippen molar-refractivity contribution in [2.24, 2.45) is 9.98 Å². The SMILES string of the molecule is COc1ccc(C2=N/C(=N\c3[n-]c(-c4ccc(OC)cc4)cc3-c3ccccc3)C(c3ccccc3)=C2)cc1. The van der Waals surface area contributed by atoms with Gasteiger partial charge in [-0.2, -0.15) is 0 Å². The molecule has 2 heterocycles. The van der Waals surface area contributed by atoms with E-state index < -0.39 is 0 Å². The van der Waals surface area contributed by atoms with Crippen LogP contribution in [0.3, 0.4) is 0 Å². The second-order valence-corrected chi connectivity index (χ2v) is 9.06. The predicted octanol–water partition coefficient (Wildman–Crippen LogP) is 7.61. The summed E-state index contributed by atoms with van der Waals surface area (Å²) < 4.78 is 10.7. The molecule has 5 heteroatoms. The van der Waals surface area contributed by atoms with E-state index in [-0.39, 0.29) is 0 Å². The van der Waals surface area contributed by atoms with Crippen molar-refractivity contribution < 1.29 is 9.47 Å². The minimum atomic E-state index is 0.628. The van der Waals surface area contributed by atoms with Gasteiger partial charge >= 0.3 is 0 Å². The second kappa shape index (κ2) is 10.7. The smallest absolute Gasteiger partial charge is 0.118 e. The molecule has 0 atom stereocenters. The van der Waals surface area contributed by atoms with E-state index >= 15 is 0 Å². The monoisotopic (exact) mass is 508 g/mol. The number of rotatable bonds is 7. The van der Waals surface area contributed by atoms with Crippen LogP contribution in [0.4, 0.5) is 5.82 Å². The van der Waals surface area contributed by atoms with E-state index in [9.17, 15) is 0 Å². The quantitative estimate of drug-likeness (QED) is 0.227. The van der Waals surface area contributed by atoms with Crippen molar-refractivity contribution in [2.75, 3.05) is 14.2 Å². The topological polar surface area (TPSA) is 57.3 Å². The Bertz CT molecular complexity index is 1680. The molecule has 5 aromatic rings. The Kier molecular flexibility index (Phi) is 6.62. The zero-order valence-electron chi connectivity index (χ0n) is 21.7. The van der Waals surface area contributed by atoms with Crippen molar-refractivity contribution in [3.63, 3.8) is 0 Å². The van der Waals surface area contributed by atoms with Crippen molar-refractivity contribution >= 4 is 22.9 Å². The van der Waals surface area contributed by atoms with Crippen LogP contribution in [-0.2, 0) is 0 Å². The lowest BCUT2D eigenvalue weighted by molar-refractivity contribution is 0.414. The number of hydrogen-bond acceptors (Lipinski definition) is 3. The molecule has 5 nitrogen and oxygen atoms in total. The van der Waals surface area contributed by atoms with Gasteiger partial charge in [0.25, 0.3) is 0 Å². The molecule has 6 rings (SSSR count). The van der Waals surface area contributed by atoms with Gasteiger partial charge in [0.05, 0.1) is 25.8 Å². The molecule has 190 valence electrons. The maximum Gasteiger partial charge on any atom is 0.118 e. The summed E-state index contributed by atoms with van der Waals surface area (Å²) in [5.74, 6) is 2.86. The van der Waals surface area contributed by atoms with Gasteiger partial charge in [0.15, 0.2) is 0 Å². The van der Waals surface area contributed by atoms with Gasteiger partial charge in [0.1, 0.15) is 11.5 Å². The van der Waals surface area contributed by atoms with Crippen molar-refractivity contribution in [3.8, 4) is 33.9 Å². The van der Waals surface area contributed by atoms with Gasteiger partial charge in [-0.25, -0.2) is 0 Å². The number of aromatic nitrogens is 1. The fourth-order valence-corrected chi connectivity index (χ4v) is 4.57. The third-order valence-corrected chi connectivity index (χ3v) is 6.65. The molecule has 0 unspecified atom stereocenters. The number of amidine groups is 1. The van der Waals surface area contributed by atoms with Gasteiger partial charge in [-0.05, 0) is 76.2 Å². The number of ether oxygens (including phenoxy) is 2. The molecule has 0 fully saturated rings. The zero-order valence-corrected chi connectivity index (χ0v) is 21.7. The summed E-state index contributed by atoms with van der Waals surface area (Å²) in [5.41, 5.74) is 7.68. The first-order chi connectivity index (χ1) is 19.2. The van der Waals surface area contributed by atoms with Crippen LogP contribution in [0.5, 0.6) is 11.5 Å². The molecule has 0 amide bonds. The summed E-state index contributed by atoms with van der Waals surface area (Å²) in [4.78, 5) is 15.0. The highest BCUT2D eigenvalue weighted by Gasteiger charge is 2.17. The summed E-state index contributed by atoms with van der Waals surface area (Å²) in [6.45, 7) is 0. The fourth-order valence-electron chi connectivity index (χ4n) is 4.57. The summed E-state index contributed by atoms with van der Waals surface area (Å²) in [6.07, 6.45) is 2.09. The van der Waals surface area contributed by atoms with Crippen LogP contribution in [0.2, 0.25) is 0 Å². The average Bonchev–Trinajstić information content (AvgIpc) is 3.63. The van der Waals surface area contributed by atoms with Gasteiger partial charge in [-0.15, -0.1) is 0 Å². The van der Waals surface area contributed by atoms with Crippen LogP contribution >= 0.6 is 0 Å². The molecule has 1 aromatic heterocycles. The Labute approximate surface area is 227 Å². The first-order valence-corrected chi connectivity index (χ1v) is 12.7. The fraction of sp³-hybridized carbons (Fsp3) is 0.0588. The molecule has 0 aliphatic carbocycles. The molecule has 39 heavy (non-hydrogen) atoms. The van der Waals surface area contributed by atoms with Crippen molar-refractivity contribution in [1.29, 1.82) is 0 Å². The van der Waals surface area contributed by atoms with E-state index in [1.807, 2.05) is 84.9 Å². The maximum atomic E-state index is 5.34. The third kappa shape index (κ3) is 5.03. The molecule has 1 aliphatic heterocycles. The first kappa shape index (κ1) is 24.2. The number of benzene rings is 4. The maximum absolute atomic E-state index is 5.34. The second-order valence-electron chi connectivity index (χ2n) is 9.06. The minimum Gasteiger partial charge on any atom is -0.497 e. The van der Waals surface area contributed by atoms with E-state index in [4.69, 9.17) is 24.4 Å². The van der Waals surface area contributed by atoms with E-state index in [1.165, 1.54) is 0 Å². The largest absolute Gasteiger partial charge is 0.497 e. The van der Waals surface area contributed by atoms with Crippen LogP contribution in [0.25, 0.3) is 28.0 Å². The minimum absolute atomic E-state index is 0.628. The van der Waals surface area contributed by atoms with Crippen molar-refractivity contribution in [1.82, 2.24) is 4.98 Å². The molecule has 4 aromatic carbocycles. The first-order valence-electron chi connectivity index (χ1n) is 12.7. The lowest BCUT2D eigenvalue weighted by atomic mass is 10.0. The molecule has 0 spiro atoms. The zero-order chi connectivity index (χ0) is 26.6. The van der Waals surface area contributed by atoms with Crippen LogP contribution in [-0.4, -0.2) is 25.8 Å². The molecule has 0 radical (unpaired) electrons. The number of hydrogen-bond donors (Lipinski definition) is 0. The lowest BCUT2D eigenvalue weighted by Gasteiger charge is -2.12. The summed E-state index contributed by atoms with van der Waals surface area (Å²) in [5, 5.41) is 0. The normalized spacial score (nSPS) is 13.7. The van der Waals surface area contributed by atoms with Gasteiger partial charge in [0, 0.05) is 11.1 Å². The van der Waals surface area contributed by atoms with Crippen LogP contribution in [0.15, 0.2) is 131 Å². The molecular weight excluding hydrogens is 482 g/mol. The molecule has 0 N–H and O–H groups in total. The number of methoxy groups -OCH3 is 2. The van der Waals surface area contributed by atoms with E-state index in [0.29, 0.717) is 11.7 Å². The average molecular weight is 509 g/mol. The Morgan fingerprint density at radius 1 is 0.615 bits per heavy atom. The summed E-state index contributed by atoms with van der Waals surface area (Å²) >= 11 is 0. The molecular formula is C34H26N3O2-. The van der Waals surface area contributed by atoms with Gasteiger partial charge in [0.2, 0.25) is 0 Å². The highest BCUT2D eigenvalue weighted by Crippen LogP contribution is 2.36. The molecule has 0 bridgehead atoms. The lowest BCUT2D eigenvalue weighted by Crippen LogP contribution is -1.96. The summed E-state index contributed by atoms with van der Waals surface area (Å²) in [7, 11) is 3.33. The van der Waals surface area contributed by atoms with Crippen molar-refractivity contribution in [3.05, 3.63) is 132 Å². The van der Waals surface area contributed by atoms with Gasteiger partial charge in [-0.3, -0.25) is 4.99 Å².